The van der Waals surface area contributed by atoms with Crippen LogP contribution in [0.1, 0.15) is 32.4 Å². The van der Waals surface area contributed by atoms with E-state index in [9.17, 15) is 4.21 Å². The molecule has 5 aromatic carbocycles. The van der Waals surface area contributed by atoms with E-state index in [1.807, 2.05) is 0 Å². The molecule has 0 N–H and O–H groups in total. The molecule has 0 aromatic heterocycles. The molecular weight excluding hydrogens is 568 g/mol. The SMILES string of the molecule is CN([C@H](CP(c1ccccc1)c1ccccc1)c1ccccc1P(c1ccccc1)c1ccccc1)[S@](=O)C(C)(C)C. The maximum atomic E-state index is 14.1. The van der Waals surface area contributed by atoms with Gasteiger partial charge in [-0.05, 0) is 74.9 Å². The molecular formula is C37H39NOP2S. The second-order valence-corrected chi connectivity index (χ2v) is 18.0. The van der Waals surface area contributed by atoms with Crippen LogP contribution in [0.25, 0.3) is 0 Å². The fraction of sp³-hybridized carbons (Fsp3) is 0.189. The monoisotopic (exact) mass is 607 g/mol. The maximum absolute atomic E-state index is 14.1. The first-order valence-corrected chi connectivity index (χ1v) is 18.3. The van der Waals surface area contributed by atoms with E-state index in [0.717, 1.165) is 6.16 Å². The Bertz CT molecular complexity index is 1500. The van der Waals surface area contributed by atoms with Crippen LogP contribution in [0.5, 0.6) is 0 Å². The smallest absolute Gasteiger partial charge is 0.100 e. The molecule has 5 heteroatoms. The average Bonchev–Trinajstić information content (AvgIpc) is 3.03. The highest BCUT2D eigenvalue weighted by molar-refractivity contribution is 7.84. The molecule has 5 rings (SSSR count). The standard InChI is InChI=1S/C37H39NOP2S/c1-37(2,3)42(39)38(4)35(29-40(30-19-9-5-10-20-30)31-21-11-6-12-22-31)34-27-17-18-28-36(34)41(32-23-13-7-14-24-32)33-25-15-8-16-26-33/h5-28,35H,29H2,1-4H3/t35-,42-/m1/s1. The summed E-state index contributed by atoms with van der Waals surface area (Å²) in [7, 11) is -0.686. The normalized spacial score (nSPS) is 13.4. The fourth-order valence-corrected chi connectivity index (χ4v) is 11.7. The Morgan fingerprint density at radius 3 is 1.40 bits per heavy atom. The van der Waals surface area contributed by atoms with Crippen molar-refractivity contribution < 1.29 is 4.21 Å². The zero-order valence-electron chi connectivity index (χ0n) is 24.8. The fourth-order valence-electron chi connectivity index (χ4n) is 5.26. The summed E-state index contributed by atoms with van der Waals surface area (Å²) in [5, 5.41) is 6.63. The summed E-state index contributed by atoms with van der Waals surface area (Å²) in [4.78, 5) is 0. The lowest BCUT2D eigenvalue weighted by Gasteiger charge is -2.36. The molecule has 2 atom stereocenters. The van der Waals surface area contributed by atoms with E-state index in [2.05, 4.69) is 178 Å². The lowest BCUT2D eigenvalue weighted by Crippen LogP contribution is -2.41. The van der Waals surface area contributed by atoms with E-state index in [1.54, 1.807) is 0 Å². The summed E-state index contributed by atoms with van der Waals surface area (Å²) in [5.41, 5.74) is 1.26. The predicted molar refractivity (Wildman–Crippen MR) is 187 cm³/mol. The van der Waals surface area contributed by atoms with Crippen molar-refractivity contribution in [2.24, 2.45) is 0 Å². The second-order valence-electron chi connectivity index (χ2n) is 11.3. The van der Waals surface area contributed by atoms with Crippen LogP contribution in [-0.4, -0.2) is 26.5 Å². The molecule has 0 aliphatic heterocycles. The van der Waals surface area contributed by atoms with Crippen LogP contribution in [0.15, 0.2) is 146 Å². The Labute approximate surface area is 256 Å². The Morgan fingerprint density at radius 2 is 0.976 bits per heavy atom. The first kappa shape index (κ1) is 30.5. The van der Waals surface area contributed by atoms with Crippen LogP contribution in [0.4, 0.5) is 0 Å². The predicted octanol–water partition coefficient (Wildman–Crippen LogP) is 7.01. The summed E-state index contributed by atoms with van der Waals surface area (Å²) >= 11 is 0. The van der Waals surface area contributed by atoms with Gasteiger partial charge in [0.25, 0.3) is 0 Å². The van der Waals surface area contributed by atoms with E-state index in [4.69, 9.17) is 0 Å². The van der Waals surface area contributed by atoms with Crippen molar-refractivity contribution >= 4 is 53.4 Å². The molecule has 42 heavy (non-hydrogen) atoms. The van der Waals surface area contributed by atoms with Crippen molar-refractivity contribution in [3.05, 3.63) is 151 Å². The third kappa shape index (κ3) is 7.16. The molecule has 0 saturated carbocycles. The zero-order valence-corrected chi connectivity index (χ0v) is 27.4. The highest BCUT2D eigenvalue weighted by Crippen LogP contribution is 2.43. The van der Waals surface area contributed by atoms with E-state index in [-0.39, 0.29) is 10.8 Å². The first-order chi connectivity index (χ1) is 20.3. The third-order valence-corrected chi connectivity index (χ3v) is 14.2. The van der Waals surface area contributed by atoms with Gasteiger partial charge in [0.15, 0.2) is 0 Å². The number of nitrogens with zero attached hydrogens (tertiary/aromatic N) is 1. The van der Waals surface area contributed by atoms with Crippen molar-refractivity contribution in [1.82, 2.24) is 4.31 Å². The first-order valence-electron chi connectivity index (χ1n) is 14.4. The molecule has 0 unspecified atom stereocenters. The van der Waals surface area contributed by atoms with Crippen molar-refractivity contribution in [3.8, 4) is 0 Å². The molecule has 0 bridgehead atoms. The van der Waals surface area contributed by atoms with Gasteiger partial charge in [-0.3, -0.25) is 0 Å². The molecule has 0 spiro atoms. The summed E-state index contributed by atoms with van der Waals surface area (Å²) in [5.74, 6) is 0. The number of benzene rings is 5. The Hall–Kier alpha value is -2.93. The third-order valence-electron chi connectivity index (χ3n) is 7.28. The Morgan fingerprint density at radius 1 is 0.595 bits per heavy atom. The van der Waals surface area contributed by atoms with Gasteiger partial charge in [0.2, 0.25) is 0 Å². The van der Waals surface area contributed by atoms with Gasteiger partial charge in [0, 0.05) is 7.05 Å². The van der Waals surface area contributed by atoms with Crippen LogP contribution in [-0.2, 0) is 11.0 Å². The number of hydrogen-bond donors (Lipinski definition) is 0. The second kappa shape index (κ2) is 14.0. The summed E-state index contributed by atoms with van der Waals surface area (Å²) in [6, 6.07) is 52.3. The molecule has 5 aromatic rings. The van der Waals surface area contributed by atoms with E-state index < -0.39 is 26.8 Å². The number of rotatable bonds is 10. The van der Waals surface area contributed by atoms with Gasteiger partial charge in [0.05, 0.1) is 10.8 Å². The van der Waals surface area contributed by atoms with Gasteiger partial charge >= 0.3 is 0 Å². The van der Waals surface area contributed by atoms with Crippen LogP contribution in [0.2, 0.25) is 0 Å². The van der Waals surface area contributed by atoms with Crippen LogP contribution < -0.4 is 26.5 Å². The molecule has 0 aliphatic rings. The summed E-state index contributed by atoms with van der Waals surface area (Å²) in [6.45, 7) is 6.21. The van der Waals surface area contributed by atoms with Crippen molar-refractivity contribution in [2.75, 3.05) is 13.2 Å². The van der Waals surface area contributed by atoms with E-state index in [1.165, 1.54) is 32.1 Å². The van der Waals surface area contributed by atoms with Crippen LogP contribution in [0.3, 0.4) is 0 Å². The van der Waals surface area contributed by atoms with Gasteiger partial charge < -0.3 is 0 Å². The Kier molecular flexibility index (Phi) is 10.2. The lowest BCUT2D eigenvalue weighted by atomic mass is 10.1. The minimum Gasteiger partial charge on any atom is -0.242 e. The van der Waals surface area contributed by atoms with Gasteiger partial charge in [-0.15, -0.1) is 0 Å². The van der Waals surface area contributed by atoms with Crippen molar-refractivity contribution in [2.45, 2.75) is 31.6 Å². The van der Waals surface area contributed by atoms with E-state index in [0.29, 0.717) is 0 Å². The molecule has 0 heterocycles. The number of hydrogen-bond acceptors (Lipinski definition) is 1. The van der Waals surface area contributed by atoms with E-state index >= 15 is 0 Å². The zero-order chi connectivity index (χ0) is 29.5. The van der Waals surface area contributed by atoms with Gasteiger partial charge in [-0.25, -0.2) is 8.51 Å². The summed E-state index contributed by atoms with van der Waals surface area (Å²) in [6.07, 6.45) is 0.867. The molecule has 0 amide bonds. The largest absolute Gasteiger partial charge is 0.242 e. The average molecular weight is 608 g/mol. The molecule has 0 fully saturated rings. The topological polar surface area (TPSA) is 20.3 Å². The Balaban J connectivity index is 1.70. The minimum absolute atomic E-state index is 0.0507. The summed E-state index contributed by atoms with van der Waals surface area (Å²) < 4.78 is 15.9. The molecule has 0 aliphatic carbocycles. The minimum atomic E-state index is -1.20. The van der Waals surface area contributed by atoms with Crippen LogP contribution in [0, 0.1) is 0 Å². The highest BCUT2D eigenvalue weighted by Gasteiger charge is 2.34. The van der Waals surface area contributed by atoms with Gasteiger partial charge in [-0.1, -0.05) is 146 Å². The van der Waals surface area contributed by atoms with Crippen LogP contribution >= 0.6 is 15.8 Å². The lowest BCUT2D eigenvalue weighted by molar-refractivity contribution is 0.423. The molecule has 214 valence electrons. The maximum Gasteiger partial charge on any atom is 0.100 e. The molecule has 2 nitrogen and oxygen atoms in total. The van der Waals surface area contributed by atoms with Crippen molar-refractivity contribution in [3.63, 3.8) is 0 Å². The highest BCUT2D eigenvalue weighted by atomic mass is 32.2. The van der Waals surface area contributed by atoms with Crippen molar-refractivity contribution in [1.29, 1.82) is 0 Å². The molecule has 0 saturated heterocycles. The quantitative estimate of drug-likeness (QED) is 0.157. The molecule has 0 radical (unpaired) electrons. The van der Waals surface area contributed by atoms with Gasteiger partial charge in [-0.2, -0.15) is 0 Å². The van der Waals surface area contributed by atoms with Gasteiger partial charge in [0.1, 0.15) is 11.0 Å².